The Hall–Kier alpha value is -8.28. The van der Waals surface area contributed by atoms with Crippen molar-refractivity contribution in [3.05, 3.63) is 226 Å². The minimum atomic E-state index is -1.64. The molecule has 7 aromatic rings. The van der Waals surface area contributed by atoms with Gasteiger partial charge in [-0.3, -0.25) is 19.3 Å². The van der Waals surface area contributed by atoms with Crippen molar-refractivity contribution in [1.82, 2.24) is 15.2 Å². The largest absolute Gasteiger partial charge is 0.477 e. The first-order chi connectivity index (χ1) is 34.1. The second-order valence-electron chi connectivity index (χ2n) is 16.0. The molecule has 2 aliphatic rings. The maximum absolute atomic E-state index is 14.7. The number of amides is 2. The van der Waals surface area contributed by atoms with Gasteiger partial charge in [0.05, 0.1) is 6.26 Å². The van der Waals surface area contributed by atoms with Crippen LogP contribution >= 0.6 is 23.1 Å². The number of anilines is 1. The van der Waals surface area contributed by atoms with Crippen LogP contribution in [0.15, 0.2) is 196 Å². The minimum absolute atomic E-state index is 0.0146. The Morgan fingerprint density at radius 3 is 1.89 bits per heavy atom. The monoisotopic (exact) mass is 973 g/mol. The molecular weight excluding hydrogens is 931 g/mol. The van der Waals surface area contributed by atoms with Gasteiger partial charge in [-0.1, -0.05) is 157 Å². The minimum Gasteiger partial charge on any atom is -0.477 e. The molecule has 5 aromatic carbocycles. The maximum atomic E-state index is 14.7. The Morgan fingerprint density at radius 1 is 0.814 bits per heavy atom. The second kappa shape index (κ2) is 20.9. The summed E-state index contributed by atoms with van der Waals surface area (Å²) in [6, 6.07) is 49.7. The summed E-state index contributed by atoms with van der Waals surface area (Å²) in [5.41, 5.74) is 2.56. The second-order valence-corrected chi connectivity index (χ2v) is 18.0. The Labute approximate surface area is 409 Å². The van der Waals surface area contributed by atoms with E-state index >= 15 is 0 Å². The van der Waals surface area contributed by atoms with Crippen LogP contribution in [-0.4, -0.2) is 74.2 Å². The molecule has 352 valence electrons. The fourth-order valence-corrected chi connectivity index (χ4v) is 10.4. The molecule has 3 N–H and O–H groups in total. The molecule has 4 heterocycles. The molecular formula is C53H43N5O10S2. The quantitative estimate of drug-likeness (QED) is 0.0245. The number of carboxylic acid groups (broad SMARTS) is 1. The number of ether oxygens (including phenoxy) is 2. The van der Waals surface area contributed by atoms with Crippen LogP contribution in [0.5, 0.6) is 0 Å². The Bertz CT molecular complexity index is 2910. The number of hydrogen-bond donors (Lipinski definition) is 3. The van der Waals surface area contributed by atoms with Crippen LogP contribution in [0.3, 0.4) is 0 Å². The third-order valence-corrected chi connectivity index (χ3v) is 13.7. The highest BCUT2D eigenvalue weighted by Gasteiger charge is 2.54. The number of nitrogens with zero attached hydrogens (tertiary/aromatic N) is 3. The van der Waals surface area contributed by atoms with Gasteiger partial charge in [-0.05, 0) is 39.9 Å². The number of aromatic nitrogens is 1. The van der Waals surface area contributed by atoms with Crippen LogP contribution in [-0.2, 0) is 43.8 Å². The van der Waals surface area contributed by atoms with Crippen LogP contribution < -0.4 is 10.6 Å². The fourth-order valence-electron chi connectivity index (χ4n) is 8.30. The summed E-state index contributed by atoms with van der Waals surface area (Å²) in [6.45, 7) is 0.880. The van der Waals surface area contributed by atoms with E-state index in [0.717, 1.165) is 21.6 Å². The van der Waals surface area contributed by atoms with Crippen molar-refractivity contribution < 1.29 is 47.8 Å². The number of thioether (sulfide) groups is 1. The molecule has 1 unspecified atom stereocenters. The molecule has 0 radical (unpaired) electrons. The zero-order chi connectivity index (χ0) is 48.6. The number of thiazole rings is 1. The lowest BCUT2D eigenvalue weighted by atomic mass is 9.77. The van der Waals surface area contributed by atoms with E-state index in [9.17, 15) is 29.1 Å². The third-order valence-electron chi connectivity index (χ3n) is 11.6. The maximum Gasteiger partial charge on any atom is 0.359 e. The number of β-lactam (4-membered cyclic amide) rings is 1. The highest BCUT2D eigenvalue weighted by atomic mass is 32.2. The SMILES string of the molecule is CC(=O)OCC1=C(C(=O)O)N2C(=O)[C@@H](NC(=O)/C(=N\OC(C(=O)OC(c3ccccc3)c3ccccc3)c3ccco3)c3csc(NC(c4ccccc4)(c4ccccc4)c4ccccc4)n3)[C@H]2SC1. The number of furan rings is 1. The van der Waals surface area contributed by atoms with Crippen LogP contribution in [0.25, 0.3) is 0 Å². The van der Waals surface area contributed by atoms with Gasteiger partial charge in [0, 0.05) is 23.6 Å². The molecule has 0 aliphatic carbocycles. The van der Waals surface area contributed by atoms with E-state index in [2.05, 4.69) is 15.8 Å². The number of nitrogens with one attached hydrogen (secondary N) is 2. The van der Waals surface area contributed by atoms with Crippen molar-refractivity contribution in [3.8, 4) is 0 Å². The Morgan fingerprint density at radius 2 is 1.37 bits per heavy atom. The molecule has 0 saturated carbocycles. The number of aliphatic carboxylic acids is 1. The number of carbonyl (C=O) groups excluding carboxylic acids is 4. The van der Waals surface area contributed by atoms with E-state index in [0.29, 0.717) is 16.3 Å². The number of benzene rings is 5. The molecule has 9 rings (SSSR count). The van der Waals surface area contributed by atoms with Gasteiger partial charge in [-0.15, -0.1) is 23.1 Å². The first-order valence-corrected chi connectivity index (χ1v) is 23.9. The van der Waals surface area contributed by atoms with Crippen molar-refractivity contribution in [2.75, 3.05) is 17.7 Å². The molecule has 2 aliphatic heterocycles. The van der Waals surface area contributed by atoms with Gasteiger partial charge < -0.3 is 34.5 Å². The standard InChI is InChI=1S/C53H43N5O10S2/c1-33(59)66-30-36-31-69-49-43(48(61)58(49)44(36)50(62)63)55-47(60)42(57-68-46(41-28-17-29-65-41)51(64)67-45(34-18-7-2-8-19-34)35-20-9-3-10-21-35)40-32-70-52(54-40)56-53(37-22-11-4-12-23-37,38-24-13-5-14-25-38)39-26-15-6-16-27-39/h2-29,32,43,45-46,49H,30-31H2,1H3,(H,54,56)(H,55,60)(H,62,63)/b57-42-/t43-,46?,49-/m1/s1. The number of carbonyl (C=O) groups is 5. The summed E-state index contributed by atoms with van der Waals surface area (Å²) in [6.07, 6.45) is -1.15. The average Bonchev–Trinajstić information content (AvgIpc) is 4.11. The summed E-state index contributed by atoms with van der Waals surface area (Å²) in [5.74, 6) is -4.40. The predicted molar refractivity (Wildman–Crippen MR) is 261 cm³/mol. The number of carboxylic acids is 1. The fraction of sp³-hybridized carbons (Fsp3) is 0.151. The van der Waals surface area contributed by atoms with Gasteiger partial charge in [0.2, 0.25) is 0 Å². The Balaban J connectivity index is 1.08. The number of rotatable bonds is 18. The molecule has 17 heteroatoms. The Kier molecular flexibility index (Phi) is 14.0. The average molecular weight is 974 g/mol. The topological polar surface area (TPSA) is 199 Å². The number of fused-ring (bicyclic) bond motifs is 1. The van der Waals surface area contributed by atoms with Gasteiger partial charge in [-0.2, -0.15) is 0 Å². The number of esters is 2. The lowest BCUT2D eigenvalue weighted by molar-refractivity contribution is -0.163. The van der Waals surface area contributed by atoms with Gasteiger partial charge in [-0.25, -0.2) is 14.6 Å². The van der Waals surface area contributed by atoms with Crippen molar-refractivity contribution in [2.24, 2.45) is 5.16 Å². The summed E-state index contributed by atoms with van der Waals surface area (Å²) in [5, 5.41) is 22.0. The molecule has 2 amide bonds. The van der Waals surface area contributed by atoms with Gasteiger partial charge in [0.25, 0.3) is 17.9 Å². The highest BCUT2D eigenvalue weighted by molar-refractivity contribution is 8.00. The third kappa shape index (κ3) is 9.70. The van der Waals surface area contributed by atoms with Crippen LogP contribution in [0.4, 0.5) is 5.13 Å². The van der Waals surface area contributed by atoms with E-state index in [1.807, 2.05) is 152 Å². The van der Waals surface area contributed by atoms with E-state index in [1.54, 1.807) is 11.4 Å². The van der Waals surface area contributed by atoms with Crippen molar-refractivity contribution in [3.63, 3.8) is 0 Å². The first kappa shape index (κ1) is 46.8. The smallest absolute Gasteiger partial charge is 0.359 e. The van der Waals surface area contributed by atoms with E-state index in [1.165, 1.54) is 42.4 Å². The van der Waals surface area contributed by atoms with E-state index in [4.69, 9.17) is 23.7 Å². The van der Waals surface area contributed by atoms with Gasteiger partial charge >= 0.3 is 17.9 Å². The first-order valence-electron chi connectivity index (χ1n) is 21.9. The molecule has 3 atom stereocenters. The lowest BCUT2D eigenvalue weighted by Gasteiger charge is -2.49. The van der Waals surface area contributed by atoms with E-state index in [-0.39, 0.29) is 35.1 Å². The summed E-state index contributed by atoms with van der Waals surface area (Å²) >= 11 is 2.37. The molecule has 1 fully saturated rings. The highest BCUT2D eigenvalue weighted by Crippen LogP contribution is 2.42. The molecule has 70 heavy (non-hydrogen) atoms. The molecule has 0 spiro atoms. The molecule has 1 saturated heterocycles. The number of hydrogen-bond acceptors (Lipinski definition) is 14. The van der Waals surface area contributed by atoms with Crippen molar-refractivity contribution >= 4 is 63.7 Å². The van der Waals surface area contributed by atoms with Crippen molar-refractivity contribution in [1.29, 1.82) is 0 Å². The summed E-state index contributed by atoms with van der Waals surface area (Å²) in [4.78, 5) is 79.0. The zero-order valence-electron chi connectivity index (χ0n) is 37.2. The van der Waals surface area contributed by atoms with Crippen molar-refractivity contribution in [2.45, 2.75) is 36.1 Å². The number of oxime groups is 1. The predicted octanol–water partition coefficient (Wildman–Crippen LogP) is 8.24. The lowest BCUT2D eigenvalue weighted by Crippen LogP contribution is -2.71. The van der Waals surface area contributed by atoms with Gasteiger partial charge in [0.1, 0.15) is 35.0 Å². The van der Waals surface area contributed by atoms with Crippen LogP contribution in [0.2, 0.25) is 0 Å². The zero-order valence-corrected chi connectivity index (χ0v) is 38.9. The summed E-state index contributed by atoms with van der Waals surface area (Å²) < 4.78 is 16.9. The van der Waals surface area contributed by atoms with Gasteiger partial charge in [0.15, 0.2) is 22.7 Å². The summed E-state index contributed by atoms with van der Waals surface area (Å²) in [7, 11) is 0. The molecule has 15 nitrogen and oxygen atoms in total. The van der Waals surface area contributed by atoms with Crippen LogP contribution in [0.1, 0.15) is 58.4 Å². The normalized spacial score (nSPS) is 16.1. The molecule has 0 bridgehead atoms. The molecule has 2 aromatic heterocycles. The van der Waals surface area contributed by atoms with Crippen LogP contribution in [0, 0.1) is 0 Å². The van der Waals surface area contributed by atoms with E-state index < -0.39 is 64.6 Å².